The summed E-state index contributed by atoms with van der Waals surface area (Å²) in [5.41, 5.74) is 3.27. The van der Waals surface area contributed by atoms with E-state index in [0.29, 0.717) is 5.92 Å². The average Bonchev–Trinajstić information content (AvgIpc) is 2.41. The van der Waals surface area contributed by atoms with Crippen LogP contribution in [0.15, 0.2) is 0 Å². The summed E-state index contributed by atoms with van der Waals surface area (Å²) in [6, 6.07) is 0. The van der Waals surface area contributed by atoms with Crippen molar-refractivity contribution in [2.45, 2.75) is 64.1 Å². The van der Waals surface area contributed by atoms with Crippen molar-refractivity contribution < 1.29 is 40.9 Å². The molecule has 0 aromatic carbocycles. The Morgan fingerprint density at radius 2 is 1.68 bits per heavy atom. The molecule has 1 nitrogen and oxygen atoms in total. The Kier molecular flexibility index (Phi) is 9.28. The Balaban J connectivity index is 0. The van der Waals surface area contributed by atoms with E-state index in [0.717, 1.165) is 12.8 Å². The minimum Gasteiger partial charge on any atom is -1.00 e. The summed E-state index contributed by atoms with van der Waals surface area (Å²) in [4.78, 5) is 0. The van der Waals surface area contributed by atoms with Crippen LogP contribution in [-0.4, -0.2) is 22.0 Å². The van der Waals surface area contributed by atoms with Crippen LogP contribution >= 0.6 is 0 Å². The maximum Gasteiger partial charge on any atom is 0.185 e. The summed E-state index contributed by atoms with van der Waals surface area (Å²) in [6.07, 6.45) is 3.44. The van der Waals surface area contributed by atoms with Gasteiger partial charge in [0.1, 0.15) is 13.7 Å². The Hall–Kier alpha value is 1.06. The molecule has 1 saturated carbocycles. The van der Waals surface area contributed by atoms with Gasteiger partial charge in [-0.15, -0.1) is 5.54 Å². The van der Waals surface area contributed by atoms with E-state index in [1.807, 2.05) is 0 Å². The molecule has 0 saturated heterocycles. The molecular formula is C14H27BrOSi2Zn-. The van der Waals surface area contributed by atoms with Gasteiger partial charge in [0, 0.05) is 19.5 Å². The van der Waals surface area contributed by atoms with E-state index in [2.05, 4.69) is 57.7 Å². The molecule has 2 atom stereocenters. The molecule has 0 aromatic rings. The van der Waals surface area contributed by atoms with Gasteiger partial charge in [0.25, 0.3) is 0 Å². The van der Waals surface area contributed by atoms with Gasteiger partial charge in [0.05, 0.1) is 0 Å². The summed E-state index contributed by atoms with van der Waals surface area (Å²) in [7, 11) is -2.89. The number of hydrogen-bond donors (Lipinski definition) is 0. The van der Waals surface area contributed by atoms with Gasteiger partial charge in [-0.25, -0.2) is 0 Å². The molecule has 1 fully saturated rings. The van der Waals surface area contributed by atoms with Crippen molar-refractivity contribution in [3.8, 4) is 11.5 Å². The first kappa shape index (κ1) is 22.3. The normalized spacial score (nSPS) is 26.8. The van der Waals surface area contributed by atoms with Crippen LogP contribution in [0.2, 0.25) is 39.3 Å². The Morgan fingerprint density at radius 1 is 1.16 bits per heavy atom. The maximum atomic E-state index is 6.42. The third-order valence-electron chi connectivity index (χ3n) is 2.90. The second-order valence-electron chi connectivity index (χ2n) is 7.19. The average molecular weight is 413 g/mol. The summed E-state index contributed by atoms with van der Waals surface area (Å²) in [5.74, 6) is 3.85. The minimum absolute atomic E-state index is 0. The van der Waals surface area contributed by atoms with Gasteiger partial charge >= 0.3 is 0 Å². The molecule has 0 heterocycles. The SMILES string of the molecule is [Br-].[CH2][C@@H]1CCC[C@@]1(C#C[Si](C)(C)C)O[Si](C)(C)C.[Zn]. The third kappa shape index (κ3) is 7.57. The summed E-state index contributed by atoms with van der Waals surface area (Å²) >= 11 is 0. The van der Waals surface area contributed by atoms with Crippen LogP contribution in [0.1, 0.15) is 19.3 Å². The molecule has 1 aliphatic rings. The summed E-state index contributed by atoms with van der Waals surface area (Å²) < 4.78 is 6.42. The number of hydrogen-bond acceptors (Lipinski definition) is 1. The molecule has 0 spiro atoms. The van der Waals surface area contributed by atoms with E-state index in [1.54, 1.807) is 0 Å². The van der Waals surface area contributed by atoms with Gasteiger partial charge < -0.3 is 21.4 Å². The predicted molar refractivity (Wildman–Crippen MR) is 81.0 cm³/mol. The van der Waals surface area contributed by atoms with Crippen molar-refractivity contribution in [1.29, 1.82) is 0 Å². The quantitative estimate of drug-likeness (QED) is 0.487. The molecule has 19 heavy (non-hydrogen) atoms. The van der Waals surface area contributed by atoms with Crippen LogP contribution in [0.25, 0.3) is 0 Å². The monoisotopic (exact) mass is 410 g/mol. The van der Waals surface area contributed by atoms with Crippen LogP contribution in [0.5, 0.6) is 0 Å². The largest absolute Gasteiger partial charge is 1.00 e. The first-order valence-electron chi connectivity index (χ1n) is 6.62. The summed E-state index contributed by atoms with van der Waals surface area (Å²) in [5, 5.41) is 0. The predicted octanol–water partition coefficient (Wildman–Crippen LogP) is 1.09. The van der Waals surface area contributed by atoms with E-state index in [-0.39, 0.29) is 42.1 Å². The van der Waals surface area contributed by atoms with Crippen molar-refractivity contribution in [2.24, 2.45) is 5.92 Å². The van der Waals surface area contributed by atoms with Gasteiger partial charge in [-0.1, -0.05) is 25.6 Å². The fraction of sp³-hybridized carbons (Fsp3) is 0.786. The first-order chi connectivity index (χ1) is 7.54. The van der Waals surface area contributed by atoms with Gasteiger partial charge in [0.2, 0.25) is 0 Å². The topological polar surface area (TPSA) is 9.23 Å². The molecule has 0 amide bonds. The van der Waals surface area contributed by atoms with Gasteiger partial charge in [0.15, 0.2) is 8.32 Å². The van der Waals surface area contributed by atoms with Crippen molar-refractivity contribution in [1.82, 2.24) is 0 Å². The Morgan fingerprint density at radius 3 is 2.00 bits per heavy atom. The second-order valence-corrected chi connectivity index (χ2v) is 16.4. The molecule has 0 aromatic heterocycles. The van der Waals surface area contributed by atoms with Crippen LogP contribution in [-0.2, 0) is 23.9 Å². The molecule has 0 unspecified atom stereocenters. The first-order valence-corrected chi connectivity index (χ1v) is 13.5. The van der Waals surface area contributed by atoms with Crippen molar-refractivity contribution in [3.05, 3.63) is 6.92 Å². The van der Waals surface area contributed by atoms with Gasteiger partial charge in [-0.05, 0) is 51.7 Å². The molecule has 107 valence electrons. The zero-order chi connectivity index (χ0) is 13.3. The van der Waals surface area contributed by atoms with Gasteiger partial charge in [-0.3, -0.25) is 0 Å². The zero-order valence-corrected chi connectivity index (χ0v) is 20.0. The van der Waals surface area contributed by atoms with Crippen molar-refractivity contribution >= 4 is 16.4 Å². The van der Waals surface area contributed by atoms with E-state index in [1.165, 1.54) is 6.42 Å². The smallest absolute Gasteiger partial charge is 0.185 e. The third-order valence-corrected chi connectivity index (χ3v) is 4.75. The van der Waals surface area contributed by atoms with Crippen LogP contribution in [0.3, 0.4) is 0 Å². The molecule has 1 rings (SSSR count). The number of rotatable bonds is 2. The molecule has 0 aliphatic heterocycles. The molecule has 0 bridgehead atoms. The zero-order valence-electron chi connectivity index (χ0n) is 13.4. The second kappa shape index (κ2) is 7.89. The van der Waals surface area contributed by atoms with Gasteiger partial charge in [-0.2, -0.15) is 0 Å². The van der Waals surface area contributed by atoms with Crippen LogP contribution in [0.4, 0.5) is 0 Å². The van der Waals surface area contributed by atoms with E-state index >= 15 is 0 Å². The molecule has 1 radical (unpaired) electrons. The molecular weight excluding hydrogens is 386 g/mol. The minimum atomic E-state index is -1.56. The fourth-order valence-electron chi connectivity index (χ4n) is 2.21. The van der Waals surface area contributed by atoms with Crippen molar-refractivity contribution in [3.63, 3.8) is 0 Å². The molecule has 1 aliphatic carbocycles. The van der Waals surface area contributed by atoms with E-state index < -0.39 is 16.4 Å². The van der Waals surface area contributed by atoms with E-state index in [9.17, 15) is 0 Å². The van der Waals surface area contributed by atoms with Crippen LogP contribution < -0.4 is 17.0 Å². The maximum absolute atomic E-state index is 6.42. The fourth-order valence-corrected chi connectivity index (χ4v) is 4.21. The Labute approximate surface area is 145 Å². The Bertz CT molecular complexity index is 338. The summed E-state index contributed by atoms with van der Waals surface area (Å²) in [6.45, 7) is 17.9. The van der Waals surface area contributed by atoms with Crippen molar-refractivity contribution in [2.75, 3.05) is 0 Å². The molecule has 5 heteroatoms. The number of halogens is 1. The van der Waals surface area contributed by atoms with Crippen LogP contribution in [0, 0.1) is 24.3 Å². The molecule has 0 N–H and O–H groups in total. The van der Waals surface area contributed by atoms with E-state index in [4.69, 9.17) is 4.43 Å². The standard InChI is InChI=1S/C14H27OSi2.BrH.Zn/c1-13-9-8-10-14(13,15-17(5,6)7)11-12-16(2,3)4;;/h13H,1,8-10H2,2-7H3;1H;/p-1/t13-,14+;;/m1../s1.